The van der Waals surface area contributed by atoms with Crippen LogP contribution in [0.15, 0.2) is 41.3 Å². The van der Waals surface area contributed by atoms with E-state index in [1.165, 1.54) is 40.5 Å². The van der Waals surface area contributed by atoms with Crippen LogP contribution in [0.4, 0.5) is 5.13 Å². The highest BCUT2D eigenvalue weighted by Gasteiger charge is 2.27. The fourth-order valence-corrected chi connectivity index (χ4v) is 5.73. The number of benzene rings is 2. The Morgan fingerprint density at radius 1 is 1.06 bits per heavy atom. The number of carbonyl (C=O) groups is 1. The SMILES string of the molecule is Cc1ccc(Cl)c2sc(N(CCCN(C)C)C(=O)CS(=O)(=O)c3ccc(Cl)cc3)nc12.Cl. The van der Waals surface area contributed by atoms with Gasteiger partial charge in [-0.1, -0.05) is 40.6 Å². The monoisotopic (exact) mass is 535 g/mol. The van der Waals surface area contributed by atoms with Crippen molar-refractivity contribution in [3.63, 3.8) is 0 Å². The summed E-state index contributed by atoms with van der Waals surface area (Å²) >= 11 is 13.5. The highest BCUT2D eigenvalue weighted by Crippen LogP contribution is 2.36. The lowest BCUT2D eigenvalue weighted by Gasteiger charge is -2.21. The zero-order chi connectivity index (χ0) is 22.8. The molecule has 3 aromatic rings. The second kappa shape index (κ2) is 11.1. The van der Waals surface area contributed by atoms with Gasteiger partial charge in [0.25, 0.3) is 0 Å². The van der Waals surface area contributed by atoms with Crippen LogP contribution in [0.25, 0.3) is 10.2 Å². The zero-order valence-electron chi connectivity index (χ0n) is 17.8. The van der Waals surface area contributed by atoms with E-state index in [2.05, 4.69) is 4.98 Å². The molecule has 0 aliphatic rings. The fourth-order valence-electron chi connectivity index (χ4n) is 3.04. The van der Waals surface area contributed by atoms with E-state index in [0.717, 1.165) is 22.3 Å². The van der Waals surface area contributed by atoms with Crippen molar-refractivity contribution < 1.29 is 13.2 Å². The molecule has 2 aromatic carbocycles. The van der Waals surface area contributed by atoms with Gasteiger partial charge in [-0.3, -0.25) is 9.69 Å². The van der Waals surface area contributed by atoms with Gasteiger partial charge in [-0.2, -0.15) is 0 Å². The number of aryl methyl sites for hydroxylation is 1. The molecule has 0 bridgehead atoms. The molecule has 0 atom stereocenters. The largest absolute Gasteiger partial charge is 0.309 e. The standard InChI is InChI=1S/C21H23Cl2N3O3S2.ClH/c1-14-5-10-17(23)20-19(14)24-21(30-20)26(12-4-11-25(2)3)18(27)13-31(28,29)16-8-6-15(22)7-9-16;/h5-10H,4,11-13H2,1-3H3;1H. The molecule has 1 amide bonds. The lowest BCUT2D eigenvalue weighted by molar-refractivity contribution is -0.116. The Bertz CT molecular complexity index is 1160. The van der Waals surface area contributed by atoms with Crippen molar-refractivity contribution in [1.82, 2.24) is 9.88 Å². The summed E-state index contributed by atoms with van der Waals surface area (Å²) in [5, 5.41) is 1.43. The normalized spacial score (nSPS) is 11.6. The van der Waals surface area contributed by atoms with E-state index in [4.69, 9.17) is 23.2 Å². The van der Waals surface area contributed by atoms with Gasteiger partial charge in [0.15, 0.2) is 15.0 Å². The average Bonchev–Trinajstić information content (AvgIpc) is 3.14. The number of thiazole rings is 1. The Labute approximate surface area is 208 Å². The number of fused-ring (bicyclic) bond motifs is 1. The Hall–Kier alpha value is -1.42. The first-order valence-corrected chi connectivity index (χ1v) is 12.8. The van der Waals surface area contributed by atoms with E-state index in [0.29, 0.717) is 28.1 Å². The summed E-state index contributed by atoms with van der Waals surface area (Å²) in [6.45, 7) is 3.02. The van der Waals surface area contributed by atoms with Gasteiger partial charge in [-0.15, -0.1) is 12.4 Å². The number of hydrogen-bond donors (Lipinski definition) is 0. The van der Waals surface area contributed by atoms with Crippen LogP contribution in [-0.2, 0) is 14.6 Å². The van der Waals surface area contributed by atoms with Crippen molar-refractivity contribution in [1.29, 1.82) is 0 Å². The quantitative estimate of drug-likeness (QED) is 0.401. The molecule has 0 saturated carbocycles. The predicted molar refractivity (Wildman–Crippen MR) is 136 cm³/mol. The lowest BCUT2D eigenvalue weighted by atomic mass is 10.2. The third-order valence-corrected chi connectivity index (χ3v) is 8.10. The van der Waals surface area contributed by atoms with Crippen LogP contribution in [0, 0.1) is 6.92 Å². The van der Waals surface area contributed by atoms with Crippen molar-refractivity contribution >= 4 is 78.0 Å². The number of halogens is 3. The molecule has 0 aliphatic carbocycles. The number of carbonyl (C=O) groups excluding carboxylic acids is 1. The molecular weight excluding hydrogens is 513 g/mol. The highest BCUT2D eigenvalue weighted by molar-refractivity contribution is 7.92. The van der Waals surface area contributed by atoms with Crippen LogP contribution in [-0.4, -0.2) is 57.1 Å². The number of amides is 1. The lowest BCUT2D eigenvalue weighted by Crippen LogP contribution is -2.37. The minimum absolute atomic E-state index is 0. The first kappa shape index (κ1) is 26.8. The van der Waals surface area contributed by atoms with E-state index < -0.39 is 21.5 Å². The molecule has 0 aliphatic heterocycles. The third kappa shape index (κ3) is 6.34. The van der Waals surface area contributed by atoms with E-state index in [1.54, 1.807) is 6.07 Å². The predicted octanol–water partition coefficient (Wildman–Crippen LogP) is 5.09. The van der Waals surface area contributed by atoms with Gasteiger partial charge in [-0.25, -0.2) is 13.4 Å². The molecule has 32 heavy (non-hydrogen) atoms. The maximum atomic E-state index is 13.2. The van der Waals surface area contributed by atoms with Crippen LogP contribution in [0.1, 0.15) is 12.0 Å². The minimum Gasteiger partial charge on any atom is -0.309 e. The van der Waals surface area contributed by atoms with E-state index in [-0.39, 0.29) is 17.3 Å². The summed E-state index contributed by atoms with van der Waals surface area (Å²) < 4.78 is 26.4. The van der Waals surface area contributed by atoms with Gasteiger partial charge in [0.1, 0.15) is 5.75 Å². The average molecular weight is 537 g/mol. The maximum Gasteiger partial charge on any atom is 0.244 e. The summed E-state index contributed by atoms with van der Waals surface area (Å²) in [7, 11) is 0.0583. The van der Waals surface area contributed by atoms with Gasteiger partial charge in [-0.05, 0) is 69.9 Å². The molecule has 0 radical (unpaired) electrons. The molecule has 174 valence electrons. The minimum atomic E-state index is -3.83. The Kier molecular flexibility index (Phi) is 9.34. The van der Waals surface area contributed by atoms with Crippen LogP contribution in [0.2, 0.25) is 10.0 Å². The number of nitrogens with zero attached hydrogens (tertiary/aromatic N) is 3. The number of rotatable bonds is 8. The summed E-state index contributed by atoms with van der Waals surface area (Å²) in [6.07, 6.45) is 0.669. The van der Waals surface area contributed by atoms with E-state index >= 15 is 0 Å². The number of hydrogen-bond acceptors (Lipinski definition) is 6. The van der Waals surface area contributed by atoms with E-state index in [1.807, 2.05) is 32.0 Å². The summed E-state index contributed by atoms with van der Waals surface area (Å²) in [4.78, 5) is 21.3. The van der Waals surface area contributed by atoms with Crippen LogP contribution in [0.5, 0.6) is 0 Å². The molecule has 3 rings (SSSR count). The second-order valence-electron chi connectivity index (χ2n) is 7.45. The van der Waals surface area contributed by atoms with Gasteiger partial charge in [0.2, 0.25) is 5.91 Å². The third-order valence-electron chi connectivity index (χ3n) is 4.69. The Balaban J connectivity index is 0.00000363. The van der Waals surface area contributed by atoms with E-state index in [9.17, 15) is 13.2 Å². The van der Waals surface area contributed by atoms with Crippen molar-refractivity contribution in [3.05, 3.63) is 52.0 Å². The molecule has 0 unspecified atom stereocenters. The summed E-state index contributed by atoms with van der Waals surface area (Å²) in [5.41, 5.74) is 1.66. The van der Waals surface area contributed by atoms with Gasteiger partial charge < -0.3 is 4.90 Å². The molecule has 0 N–H and O–H groups in total. The first-order valence-electron chi connectivity index (χ1n) is 9.57. The molecule has 6 nitrogen and oxygen atoms in total. The number of anilines is 1. The molecule has 1 heterocycles. The van der Waals surface area contributed by atoms with Gasteiger partial charge in [0.05, 0.1) is 20.1 Å². The van der Waals surface area contributed by atoms with Crippen molar-refractivity contribution in [2.24, 2.45) is 0 Å². The van der Waals surface area contributed by atoms with Gasteiger partial charge >= 0.3 is 0 Å². The Morgan fingerprint density at radius 3 is 2.31 bits per heavy atom. The number of aromatic nitrogens is 1. The zero-order valence-corrected chi connectivity index (χ0v) is 21.8. The number of sulfone groups is 1. The first-order chi connectivity index (χ1) is 14.6. The topological polar surface area (TPSA) is 70.6 Å². The van der Waals surface area contributed by atoms with Crippen LogP contribution >= 0.6 is 46.9 Å². The summed E-state index contributed by atoms with van der Waals surface area (Å²) in [6, 6.07) is 9.46. The Morgan fingerprint density at radius 2 is 1.72 bits per heavy atom. The molecule has 11 heteroatoms. The van der Waals surface area contributed by atoms with Crippen molar-refractivity contribution in [2.75, 3.05) is 37.8 Å². The molecule has 0 spiro atoms. The smallest absolute Gasteiger partial charge is 0.244 e. The highest BCUT2D eigenvalue weighted by atomic mass is 35.5. The molecule has 0 saturated heterocycles. The fraction of sp³-hybridized carbons (Fsp3) is 0.333. The van der Waals surface area contributed by atoms with Crippen molar-refractivity contribution in [2.45, 2.75) is 18.2 Å². The van der Waals surface area contributed by atoms with Gasteiger partial charge in [0, 0.05) is 11.6 Å². The summed E-state index contributed by atoms with van der Waals surface area (Å²) in [5.74, 6) is -1.18. The molecular formula is C21H24Cl3N3O3S2. The molecule has 0 fully saturated rings. The van der Waals surface area contributed by atoms with Crippen LogP contribution < -0.4 is 4.90 Å². The van der Waals surface area contributed by atoms with Crippen molar-refractivity contribution in [3.8, 4) is 0 Å². The van der Waals surface area contributed by atoms with Crippen LogP contribution in [0.3, 0.4) is 0 Å². The maximum absolute atomic E-state index is 13.2. The molecule has 1 aromatic heterocycles. The second-order valence-corrected chi connectivity index (χ2v) is 11.3.